The third kappa shape index (κ3) is 4.20. The number of nitrogens with zero attached hydrogens (tertiary/aromatic N) is 2. The summed E-state index contributed by atoms with van der Waals surface area (Å²) < 4.78 is 0. The Balaban J connectivity index is 2.04. The second-order valence-electron chi connectivity index (χ2n) is 5.15. The van der Waals surface area contributed by atoms with Crippen LogP contribution in [0.4, 0.5) is 5.69 Å². The van der Waals surface area contributed by atoms with Gasteiger partial charge in [0, 0.05) is 35.7 Å². The average Bonchev–Trinajstić information content (AvgIpc) is 2.89. The van der Waals surface area contributed by atoms with Gasteiger partial charge in [-0.15, -0.1) is 11.3 Å². The van der Waals surface area contributed by atoms with E-state index in [1.165, 1.54) is 0 Å². The zero-order valence-electron chi connectivity index (χ0n) is 12.1. The lowest BCUT2D eigenvalue weighted by atomic mass is 10.2. The van der Waals surface area contributed by atoms with Crippen LogP contribution in [-0.4, -0.2) is 18.1 Å². The van der Waals surface area contributed by atoms with Gasteiger partial charge in [0.15, 0.2) is 0 Å². The van der Waals surface area contributed by atoms with Crippen molar-refractivity contribution < 1.29 is 0 Å². The van der Waals surface area contributed by atoms with E-state index in [1.807, 2.05) is 11.6 Å². The summed E-state index contributed by atoms with van der Waals surface area (Å²) in [5.74, 6) is 0. The standard InChI is InChI=1S/C15H20ClN3S/c1-11(2)17-7-12-4-5-14(6-15(12)16)19(3)8-13-9-20-10-18-13/h4-6,9-11,17H,7-8H2,1-3H3. The molecule has 0 atom stereocenters. The highest BCUT2D eigenvalue weighted by molar-refractivity contribution is 7.07. The van der Waals surface area contributed by atoms with Crippen LogP contribution in [0.1, 0.15) is 25.1 Å². The molecule has 108 valence electrons. The average molecular weight is 310 g/mol. The summed E-state index contributed by atoms with van der Waals surface area (Å²) in [5, 5.41) is 6.26. The van der Waals surface area contributed by atoms with Crippen LogP contribution in [0.2, 0.25) is 5.02 Å². The molecule has 20 heavy (non-hydrogen) atoms. The molecule has 0 aliphatic rings. The van der Waals surface area contributed by atoms with Crippen molar-refractivity contribution in [3.8, 4) is 0 Å². The van der Waals surface area contributed by atoms with Gasteiger partial charge in [-0.2, -0.15) is 0 Å². The van der Waals surface area contributed by atoms with Gasteiger partial charge in [-0.25, -0.2) is 4.98 Å². The van der Waals surface area contributed by atoms with Gasteiger partial charge in [0.25, 0.3) is 0 Å². The molecule has 1 heterocycles. The zero-order chi connectivity index (χ0) is 14.5. The number of nitrogens with one attached hydrogen (secondary N) is 1. The lowest BCUT2D eigenvalue weighted by Gasteiger charge is -2.19. The highest BCUT2D eigenvalue weighted by Crippen LogP contribution is 2.24. The van der Waals surface area contributed by atoms with Crippen LogP contribution < -0.4 is 10.2 Å². The van der Waals surface area contributed by atoms with Crippen molar-refractivity contribution in [2.75, 3.05) is 11.9 Å². The van der Waals surface area contributed by atoms with E-state index in [2.05, 4.69) is 53.6 Å². The number of thiazole rings is 1. The first-order valence-corrected chi connectivity index (χ1v) is 7.98. The van der Waals surface area contributed by atoms with Crippen molar-refractivity contribution in [2.24, 2.45) is 0 Å². The fraction of sp³-hybridized carbons (Fsp3) is 0.400. The molecule has 0 bridgehead atoms. The van der Waals surface area contributed by atoms with Gasteiger partial charge >= 0.3 is 0 Å². The fourth-order valence-corrected chi connectivity index (χ4v) is 2.67. The van der Waals surface area contributed by atoms with Crippen LogP contribution >= 0.6 is 22.9 Å². The topological polar surface area (TPSA) is 28.2 Å². The molecule has 2 aromatic rings. The van der Waals surface area contributed by atoms with Crippen LogP contribution in [0.15, 0.2) is 29.1 Å². The molecule has 0 fully saturated rings. The van der Waals surface area contributed by atoms with E-state index in [0.29, 0.717) is 6.04 Å². The lowest BCUT2D eigenvalue weighted by Crippen LogP contribution is -2.22. The Morgan fingerprint density at radius 2 is 2.20 bits per heavy atom. The van der Waals surface area contributed by atoms with Crippen molar-refractivity contribution in [1.29, 1.82) is 0 Å². The maximum Gasteiger partial charge on any atom is 0.0795 e. The lowest BCUT2D eigenvalue weighted by molar-refractivity contribution is 0.589. The number of rotatable bonds is 6. The summed E-state index contributed by atoms with van der Waals surface area (Å²) in [5.41, 5.74) is 5.18. The quantitative estimate of drug-likeness (QED) is 0.876. The van der Waals surface area contributed by atoms with E-state index in [4.69, 9.17) is 11.6 Å². The molecular formula is C15H20ClN3S. The minimum Gasteiger partial charge on any atom is -0.369 e. The highest BCUT2D eigenvalue weighted by atomic mass is 35.5. The van der Waals surface area contributed by atoms with E-state index in [0.717, 1.165) is 35.1 Å². The molecule has 3 nitrogen and oxygen atoms in total. The van der Waals surface area contributed by atoms with E-state index in [1.54, 1.807) is 11.3 Å². The largest absolute Gasteiger partial charge is 0.369 e. The molecule has 0 radical (unpaired) electrons. The summed E-state index contributed by atoms with van der Waals surface area (Å²) >= 11 is 7.98. The number of aromatic nitrogens is 1. The number of anilines is 1. The molecular weight excluding hydrogens is 290 g/mol. The summed E-state index contributed by atoms with van der Waals surface area (Å²) in [7, 11) is 2.05. The first kappa shape index (κ1) is 15.3. The first-order valence-electron chi connectivity index (χ1n) is 6.66. The highest BCUT2D eigenvalue weighted by Gasteiger charge is 2.07. The Hall–Kier alpha value is -1.10. The van der Waals surface area contributed by atoms with Gasteiger partial charge in [0.2, 0.25) is 0 Å². The van der Waals surface area contributed by atoms with Crippen LogP contribution in [0.25, 0.3) is 0 Å². The van der Waals surface area contributed by atoms with Gasteiger partial charge in [-0.05, 0) is 17.7 Å². The zero-order valence-corrected chi connectivity index (χ0v) is 13.6. The number of halogens is 1. The number of hydrogen-bond acceptors (Lipinski definition) is 4. The molecule has 0 saturated carbocycles. The molecule has 1 aromatic carbocycles. The second-order valence-corrected chi connectivity index (χ2v) is 6.27. The predicted molar refractivity (Wildman–Crippen MR) is 87.6 cm³/mol. The molecule has 0 spiro atoms. The van der Waals surface area contributed by atoms with E-state index in [9.17, 15) is 0 Å². The Kier molecular flexibility index (Phi) is 5.40. The normalized spacial score (nSPS) is 11.1. The van der Waals surface area contributed by atoms with Crippen LogP contribution in [-0.2, 0) is 13.1 Å². The van der Waals surface area contributed by atoms with Crippen molar-refractivity contribution in [3.05, 3.63) is 45.4 Å². The van der Waals surface area contributed by atoms with Crippen molar-refractivity contribution in [3.63, 3.8) is 0 Å². The minimum absolute atomic E-state index is 0.457. The van der Waals surface area contributed by atoms with E-state index in [-0.39, 0.29) is 0 Å². The monoisotopic (exact) mass is 309 g/mol. The number of hydrogen-bond donors (Lipinski definition) is 1. The summed E-state index contributed by atoms with van der Waals surface area (Å²) in [6, 6.07) is 6.67. The van der Waals surface area contributed by atoms with Crippen molar-refractivity contribution in [1.82, 2.24) is 10.3 Å². The van der Waals surface area contributed by atoms with Gasteiger partial charge in [-0.1, -0.05) is 31.5 Å². The molecule has 1 aromatic heterocycles. The van der Waals surface area contributed by atoms with Crippen LogP contribution in [0.5, 0.6) is 0 Å². The summed E-state index contributed by atoms with van der Waals surface area (Å²) in [6.45, 7) is 5.85. The Morgan fingerprint density at radius 3 is 2.80 bits per heavy atom. The van der Waals surface area contributed by atoms with Gasteiger partial charge in [0.05, 0.1) is 17.7 Å². The molecule has 0 aliphatic carbocycles. The predicted octanol–water partition coefficient (Wildman–Crippen LogP) is 3.93. The molecule has 0 amide bonds. The molecule has 1 N–H and O–H groups in total. The maximum atomic E-state index is 6.36. The van der Waals surface area contributed by atoms with Gasteiger partial charge in [-0.3, -0.25) is 0 Å². The SMILES string of the molecule is CC(C)NCc1ccc(N(C)Cc2cscn2)cc1Cl. The molecule has 5 heteroatoms. The Labute approximate surface area is 129 Å². The number of benzene rings is 1. The second kappa shape index (κ2) is 7.07. The first-order chi connectivity index (χ1) is 9.56. The van der Waals surface area contributed by atoms with Crippen molar-refractivity contribution >= 4 is 28.6 Å². The van der Waals surface area contributed by atoms with Crippen LogP contribution in [0, 0.1) is 0 Å². The maximum absolute atomic E-state index is 6.36. The Bertz CT molecular complexity index is 540. The third-order valence-electron chi connectivity index (χ3n) is 3.06. The molecule has 2 rings (SSSR count). The van der Waals surface area contributed by atoms with E-state index < -0.39 is 0 Å². The van der Waals surface area contributed by atoms with Crippen molar-refractivity contribution in [2.45, 2.75) is 33.0 Å². The van der Waals surface area contributed by atoms with Gasteiger partial charge in [0.1, 0.15) is 0 Å². The Morgan fingerprint density at radius 1 is 1.40 bits per heavy atom. The summed E-state index contributed by atoms with van der Waals surface area (Å²) in [6.07, 6.45) is 0. The molecule has 0 saturated heterocycles. The van der Waals surface area contributed by atoms with E-state index >= 15 is 0 Å². The molecule has 0 aliphatic heterocycles. The van der Waals surface area contributed by atoms with Gasteiger partial charge < -0.3 is 10.2 Å². The van der Waals surface area contributed by atoms with Crippen LogP contribution in [0.3, 0.4) is 0 Å². The summed E-state index contributed by atoms with van der Waals surface area (Å²) in [4.78, 5) is 6.46. The minimum atomic E-state index is 0.457. The smallest absolute Gasteiger partial charge is 0.0795 e. The molecule has 0 unspecified atom stereocenters. The fourth-order valence-electron chi connectivity index (χ4n) is 1.88. The third-order valence-corrected chi connectivity index (χ3v) is 4.05.